The molecule has 2 aliphatic carbocycles. The van der Waals surface area contributed by atoms with Gasteiger partial charge in [-0.3, -0.25) is 9.89 Å². The third kappa shape index (κ3) is 3.68. The number of nitrogens with zero attached hydrogens (tertiary/aromatic N) is 3. The van der Waals surface area contributed by atoms with Crippen LogP contribution in [0.15, 0.2) is 17.7 Å². The van der Waals surface area contributed by atoms with Crippen molar-refractivity contribution in [1.82, 2.24) is 25.5 Å². The van der Waals surface area contributed by atoms with Gasteiger partial charge in [0.15, 0.2) is 5.65 Å². The number of aliphatic hydroxyl groups excluding tert-OH is 1. The van der Waals surface area contributed by atoms with Gasteiger partial charge in [-0.1, -0.05) is 0 Å². The zero-order chi connectivity index (χ0) is 19.7. The zero-order valence-electron chi connectivity index (χ0n) is 15.2. The number of carbonyl (C=O) groups excluding carboxylic acids is 1. The van der Waals surface area contributed by atoms with E-state index in [0.29, 0.717) is 23.3 Å². The first-order valence-electron chi connectivity index (χ1n) is 9.45. The normalized spacial score (nSPS) is 25.3. The molecule has 0 aliphatic heterocycles. The third-order valence-corrected chi connectivity index (χ3v) is 5.37. The number of hydrogen-bond donors (Lipinski definition) is 4. The van der Waals surface area contributed by atoms with E-state index < -0.39 is 18.2 Å². The van der Waals surface area contributed by atoms with Crippen LogP contribution in [0.2, 0.25) is 0 Å². The van der Waals surface area contributed by atoms with E-state index in [1.54, 1.807) is 0 Å². The fraction of sp³-hybridized carbons (Fsp3) is 0.556. The Labute approximate surface area is 159 Å². The summed E-state index contributed by atoms with van der Waals surface area (Å²) in [5.41, 5.74) is 0.723. The summed E-state index contributed by atoms with van der Waals surface area (Å²) in [5, 5.41) is 22.9. The maximum Gasteiger partial charge on any atom is 0.270 e. The van der Waals surface area contributed by atoms with Gasteiger partial charge in [0.05, 0.1) is 17.5 Å². The first-order valence-corrected chi connectivity index (χ1v) is 9.45. The number of alkyl halides is 1. The van der Waals surface area contributed by atoms with Gasteiger partial charge in [0.1, 0.15) is 29.8 Å². The average Bonchev–Trinajstić information content (AvgIpc) is 3.29. The highest BCUT2D eigenvalue weighted by Crippen LogP contribution is 2.29. The van der Waals surface area contributed by atoms with Crippen LogP contribution in [0, 0.1) is 0 Å². The molecule has 1 amide bonds. The number of fused-ring (bicyclic) bond motifs is 1. The van der Waals surface area contributed by atoms with Gasteiger partial charge < -0.3 is 15.7 Å². The Bertz CT molecular complexity index is 915. The van der Waals surface area contributed by atoms with Gasteiger partial charge in [-0.05, 0) is 31.3 Å². The number of amides is 1. The van der Waals surface area contributed by atoms with Crippen molar-refractivity contribution in [2.75, 3.05) is 11.9 Å². The standard InChI is InChI=1S/C18H22F2N6O2/c19-10-4-5-11(20)9(6-10)7-21-18(28)15-14-16(22-8-23-17(14)26-25-15)24-12-2-1-3-13(12)27/h8,10,12-13,27H,1-7H2,(H,21,28)(H2,22,23,24,25,26)/t10?,12-,13-/m1/s1. The number of allylic oxidation sites excluding steroid dienone is 1. The van der Waals surface area contributed by atoms with Crippen molar-refractivity contribution in [3.8, 4) is 0 Å². The minimum atomic E-state index is -1.08. The molecule has 1 saturated carbocycles. The van der Waals surface area contributed by atoms with Crippen molar-refractivity contribution in [2.45, 2.75) is 56.8 Å². The molecule has 8 nitrogen and oxygen atoms in total. The van der Waals surface area contributed by atoms with E-state index in [-0.39, 0.29) is 48.9 Å². The molecular weight excluding hydrogens is 370 g/mol. The molecule has 0 spiro atoms. The Balaban J connectivity index is 1.54. The van der Waals surface area contributed by atoms with Gasteiger partial charge in [0.25, 0.3) is 5.91 Å². The van der Waals surface area contributed by atoms with E-state index in [1.807, 2.05) is 0 Å². The van der Waals surface area contributed by atoms with Gasteiger partial charge in [-0.2, -0.15) is 5.10 Å². The second kappa shape index (κ2) is 7.78. The van der Waals surface area contributed by atoms with Crippen LogP contribution in [0.25, 0.3) is 11.0 Å². The average molecular weight is 392 g/mol. The van der Waals surface area contributed by atoms with E-state index >= 15 is 0 Å². The van der Waals surface area contributed by atoms with Crippen LogP contribution in [0.3, 0.4) is 0 Å². The lowest BCUT2D eigenvalue weighted by molar-refractivity contribution is 0.0952. The Morgan fingerprint density at radius 3 is 2.96 bits per heavy atom. The van der Waals surface area contributed by atoms with Crippen LogP contribution in [0.4, 0.5) is 14.6 Å². The van der Waals surface area contributed by atoms with Crippen LogP contribution in [-0.2, 0) is 0 Å². The molecule has 2 aliphatic rings. The summed E-state index contributed by atoms with van der Waals surface area (Å²) < 4.78 is 27.4. The zero-order valence-corrected chi connectivity index (χ0v) is 15.2. The summed E-state index contributed by atoms with van der Waals surface area (Å²) in [7, 11) is 0. The van der Waals surface area contributed by atoms with Crippen molar-refractivity contribution in [3.63, 3.8) is 0 Å². The van der Waals surface area contributed by atoms with Crippen LogP contribution < -0.4 is 10.6 Å². The molecule has 28 heavy (non-hydrogen) atoms. The number of halogens is 2. The molecule has 0 saturated heterocycles. The predicted octanol–water partition coefficient (Wildman–Crippen LogP) is 2.15. The smallest absolute Gasteiger partial charge is 0.270 e. The highest BCUT2D eigenvalue weighted by Gasteiger charge is 2.28. The third-order valence-electron chi connectivity index (χ3n) is 5.37. The number of hydrogen-bond acceptors (Lipinski definition) is 6. The van der Waals surface area contributed by atoms with Crippen LogP contribution >= 0.6 is 0 Å². The van der Waals surface area contributed by atoms with E-state index in [9.17, 15) is 18.7 Å². The maximum absolute atomic E-state index is 13.9. The molecule has 2 aromatic rings. The Kier molecular flexibility index (Phi) is 5.21. The minimum absolute atomic E-state index is 0.00861. The van der Waals surface area contributed by atoms with Crippen LogP contribution in [0.5, 0.6) is 0 Å². The first kappa shape index (κ1) is 18.7. The molecule has 0 radical (unpaired) electrons. The van der Waals surface area contributed by atoms with Crippen LogP contribution in [0.1, 0.15) is 49.0 Å². The molecule has 4 N–H and O–H groups in total. The summed E-state index contributed by atoms with van der Waals surface area (Å²) in [6, 6.07) is -0.160. The Morgan fingerprint density at radius 1 is 1.32 bits per heavy atom. The number of aromatic nitrogens is 4. The van der Waals surface area contributed by atoms with Crippen LogP contribution in [-0.4, -0.2) is 56.0 Å². The molecule has 0 aromatic carbocycles. The van der Waals surface area contributed by atoms with Gasteiger partial charge in [-0.15, -0.1) is 0 Å². The summed E-state index contributed by atoms with van der Waals surface area (Å²) in [4.78, 5) is 20.9. The molecule has 150 valence electrons. The van der Waals surface area contributed by atoms with E-state index in [2.05, 4.69) is 30.8 Å². The number of rotatable bonds is 5. The molecule has 2 aromatic heterocycles. The van der Waals surface area contributed by atoms with E-state index in [4.69, 9.17) is 0 Å². The molecule has 0 bridgehead atoms. The monoisotopic (exact) mass is 392 g/mol. The number of nitrogens with one attached hydrogen (secondary N) is 3. The summed E-state index contributed by atoms with van der Waals surface area (Å²) in [6.45, 7) is -0.0661. The molecule has 4 rings (SSSR count). The SMILES string of the molecule is O=C(NCC1=C(F)CCC(F)C1)c1[nH]nc2ncnc(N[C@@H]3CCC[C@H]3O)c12. The first-order chi connectivity index (χ1) is 13.5. The molecule has 10 heteroatoms. The molecule has 2 heterocycles. The van der Waals surface area contributed by atoms with Crippen molar-refractivity contribution in [3.05, 3.63) is 23.4 Å². The lowest BCUT2D eigenvalue weighted by atomic mass is 9.97. The van der Waals surface area contributed by atoms with Crippen molar-refractivity contribution in [2.24, 2.45) is 0 Å². The lowest BCUT2D eigenvalue weighted by Crippen LogP contribution is -2.30. The fourth-order valence-electron chi connectivity index (χ4n) is 3.80. The van der Waals surface area contributed by atoms with E-state index in [0.717, 1.165) is 12.8 Å². The molecule has 3 atom stereocenters. The minimum Gasteiger partial charge on any atom is -0.391 e. The van der Waals surface area contributed by atoms with Gasteiger partial charge in [0.2, 0.25) is 0 Å². The Morgan fingerprint density at radius 2 is 2.18 bits per heavy atom. The second-order valence-corrected chi connectivity index (χ2v) is 7.30. The topological polar surface area (TPSA) is 116 Å². The lowest BCUT2D eigenvalue weighted by Gasteiger charge is -2.19. The maximum atomic E-state index is 13.9. The quantitative estimate of drug-likeness (QED) is 0.620. The number of anilines is 1. The molecule has 1 fully saturated rings. The number of carbonyl (C=O) groups is 1. The van der Waals surface area contributed by atoms with Gasteiger partial charge in [0, 0.05) is 19.4 Å². The van der Waals surface area contributed by atoms with Crippen molar-refractivity contribution >= 4 is 22.8 Å². The second-order valence-electron chi connectivity index (χ2n) is 7.30. The number of aliphatic hydroxyl groups is 1. The van der Waals surface area contributed by atoms with Crippen molar-refractivity contribution < 1.29 is 18.7 Å². The summed E-state index contributed by atoms with van der Waals surface area (Å²) in [6.07, 6.45) is 2.40. The highest BCUT2D eigenvalue weighted by atomic mass is 19.1. The van der Waals surface area contributed by atoms with Crippen molar-refractivity contribution in [1.29, 1.82) is 0 Å². The fourth-order valence-corrected chi connectivity index (χ4v) is 3.80. The summed E-state index contributed by atoms with van der Waals surface area (Å²) >= 11 is 0. The Hall–Kier alpha value is -2.62. The van der Waals surface area contributed by atoms with Gasteiger partial charge >= 0.3 is 0 Å². The van der Waals surface area contributed by atoms with Gasteiger partial charge in [-0.25, -0.2) is 18.7 Å². The number of H-pyrrole nitrogens is 1. The summed E-state index contributed by atoms with van der Waals surface area (Å²) in [5.74, 6) is -0.458. The molecule has 1 unspecified atom stereocenters. The molecular formula is C18H22F2N6O2. The largest absolute Gasteiger partial charge is 0.391 e. The van der Waals surface area contributed by atoms with E-state index in [1.165, 1.54) is 6.33 Å². The predicted molar refractivity (Wildman–Crippen MR) is 98.2 cm³/mol. The number of aromatic amines is 1. The highest BCUT2D eigenvalue weighted by molar-refractivity contribution is 6.07.